The van der Waals surface area contributed by atoms with E-state index in [1.807, 2.05) is 12.1 Å². The molecule has 0 spiro atoms. The van der Waals surface area contributed by atoms with Gasteiger partial charge in [0.25, 0.3) is 5.91 Å². The van der Waals surface area contributed by atoms with Crippen molar-refractivity contribution in [3.8, 4) is 11.3 Å². The molecule has 0 aliphatic heterocycles. The predicted octanol–water partition coefficient (Wildman–Crippen LogP) is 3.78. The fourth-order valence-electron chi connectivity index (χ4n) is 2.23. The van der Waals surface area contributed by atoms with E-state index >= 15 is 0 Å². The number of hydrogen-bond donors (Lipinski definition) is 2. The predicted molar refractivity (Wildman–Crippen MR) is 96.3 cm³/mol. The van der Waals surface area contributed by atoms with Crippen LogP contribution in [0, 0.1) is 0 Å². The number of hydrazone groups is 1. The number of nitrogens with zero attached hydrogens (tertiary/aromatic N) is 1. The maximum atomic E-state index is 11.9. The summed E-state index contributed by atoms with van der Waals surface area (Å²) in [6.45, 7) is 0. The van der Waals surface area contributed by atoms with Gasteiger partial charge in [-0.25, -0.2) is 5.43 Å². The van der Waals surface area contributed by atoms with Crippen molar-refractivity contribution in [2.24, 2.45) is 5.10 Å². The number of rotatable bonds is 5. The van der Waals surface area contributed by atoms with E-state index in [1.54, 1.807) is 54.6 Å². The molecule has 3 aromatic rings. The lowest BCUT2D eigenvalue weighted by atomic mass is 10.1. The quantitative estimate of drug-likeness (QED) is 0.540. The summed E-state index contributed by atoms with van der Waals surface area (Å²) in [5.41, 5.74) is 3.63. The first-order valence-corrected chi connectivity index (χ1v) is 7.93. The van der Waals surface area contributed by atoms with E-state index in [-0.39, 0.29) is 0 Å². The number of carbonyl (C=O) groups excluding carboxylic acids is 1. The molecule has 6 heteroatoms. The van der Waals surface area contributed by atoms with Crippen LogP contribution in [0.4, 0.5) is 0 Å². The number of nitrogens with one attached hydrogen (secondary N) is 1. The fraction of sp³-hybridized carbons (Fsp3) is 0.0526. The highest BCUT2D eigenvalue weighted by Gasteiger charge is 2.16. The molecule has 0 aliphatic rings. The van der Waals surface area contributed by atoms with E-state index in [0.717, 1.165) is 5.56 Å². The lowest BCUT2D eigenvalue weighted by Gasteiger charge is -2.08. The van der Waals surface area contributed by atoms with E-state index < -0.39 is 12.0 Å². The van der Waals surface area contributed by atoms with Gasteiger partial charge in [-0.3, -0.25) is 4.79 Å². The van der Waals surface area contributed by atoms with Gasteiger partial charge in [-0.1, -0.05) is 54.1 Å². The third-order valence-corrected chi connectivity index (χ3v) is 3.70. The molecule has 0 fully saturated rings. The normalized spacial score (nSPS) is 12.2. The Balaban J connectivity index is 1.62. The van der Waals surface area contributed by atoms with Crippen molar-refractivity contribution in [3.05, 3.63) is 83.1 Å². The average Bonchev–Trinajstić information content (AvgIpc) is 3.11. The highest BCUT2D eigenvalue weighted by molar-refractivity contribution is 6.30. The molecule has 25 heavy (non-hydrogen) atoms. The Morgan fingerprint density at radius 1 is 1.12 bits per heavy atom. The van der Waals surface area contributed by atoms with Gasteiger partial charge in [-0.05, 0) is 29.8 Å². The number of amides is 1. The molecular formula is C19H15ClN2O3. The number of aliphatic hydroxyl groups excluding tert-OH is 1. The van der Waals surface area contributed by atoms with Crippen LogP contribution in [0.1, 0.15) is 17.4 Å². The van der Waals surface area contributed by atoms with Crippen LogP contribution >= 0.6 is 11.6 Å². The summed E-state index contributed by atoms with van der Waals surface area (Å²) in [6.07, 6.45) is 0.0842. The van der Waals surface area contributed by atoms with Crippen molar-refractivity contribution in [1.29, 1.82) is 0 Å². The first-order chi connectivity index (χ1) is 12.1. The van der Waals surface area contributed by atoms with E-state index in [0.29, 0.717) is 22.1 Å². The highest BCUT2D eigenvalue weighted by atomic mass is 35.5. The maximum Gasteiger partial charge on any atom is 0.273 e. The summed E-state index contributed by atoms with van der Waals surface area (Å²) in [5.74, 6) is 0.480. The Morgan fingerprint density at radius 3 is 2.68 bits per heavy atom. The standard InChI is InChI=1S/C19H15ClN2O3/c20-15-8-4-7-14(11-15)17-10-9-16(25-17)12-21-22-19(24)18(23)13-5-2-1-3-6-13/h1-12,18,23H,(H,22,24)/b21-12-/t18-/m1/s1. The molecule has 0 saturated heterocycles. The highest BCUT2D eigenvalue weighted by Crippen LogP contribution is 2.24. The molecule has 0 aliphatic carbocycles. The molecule has 0 saturated carbocycles. The number of aliphatic hydroxyl groups is 1. The lowest BCUT2D eigenvalue weighted by Crippen LogP contribution is -2.25. The zero-order valence-corrected chi connectivity index (χ0v) is 13.9. The van der Waals surface area contributed by atoms with Gasteiger partial charge in [0.1, 0.15) is 11.5 Å². The summed E-state index contributed by atoms with van der Waals surface area (Å²) < 4.78 is 5.63. The first-order valence-electron chi connectivity index (χ1n) is 7.55. The second kappa shape index (κ2) is 7.79. The van der Waals surface area contributed by atoms with Gasteiger partial charge in [0.2, 0.25) is 0 Å². The number of halogens is 1. The molecular weight excluding hydrogens is 340 g/mol. The van der Waals surface area contributed by atoms with Gasteiger partial charge in [0.05, 0.1) is 6.21 Å². The molecule has 0 radical (unpaired) electrons. The Hall–Kier alpha value is -2.89. The number of benzene rings is 2. The Morgan fingerprint density at radius 2 is 1.92 bits per heavy atom. The zero-order valence-electron chi connectivity index (χ0n) is 13.1. The van der Waals surface area contributed by atoms with Crippen LogP contribution in [-0.4, -0.2) is 17.2 Å². The number of furan rings is 1. The van der Waals surface area contributed by atoms with Crippen LogP contribution in [-0.2, 0) is 4.79 Å². The third kappa shape index (κ3) is 4.35. The Bertz CT molecular complexity index is 890. The second-order valence-electron chi connectivity index (χ2n) is 5.26. The van der Waals surface area contributed by atoms with Crippen LogP contribution in [0.2, 0.25) is 5.02 Å². The van der Waals surface area contributed by atoms with Crippen LogP contribution in [0.3, 0.4) is 0 Å². The summed E-state index contributed by atoms with van der Waals surface area (Å²) in [6, 6.07) is 19.4. The topological polar surface area (TPSA) is 74.8 Å². The SMILES string of the molecule is O=C(N/N=C\c1ccc(-c2cccc(Cl)c2)o1)[C@H](O)c1ccccc1. The van der Waals surface area contributed by atoms with Gasteiger partial charge in [0, 0.05) is 10.6 Å². The maximum absolute atomic E-state index is 11.9. The molecule has 0 bridgehead atoms. The Kier molecular flexibility index (Phi) is 5.28. The Labute approximate surface area is 149 Å². The second-order valence-corrected chi connectivity index (χ2v) is 5.70. The summed E-state index contributed by atoms with van der Waals surface area (Å²) >= 11 is 5.96. The fourth-order valence-corrected chi connectivity index (χ4v) is 2.42. The van der Waals surface area contributed by atoms with Crippen LogP contribution < -0.4 is 5.43 Å². The van der Waals surface area contributed by atoms with Crippen molar-refractivity contribution in [1.82, 2.24) is 5.43 Å². The molecule has 3 rings (SSSR count). The third-order valence-electron chi connectivity index (χ3n) is 3.47. The van der Waals surface area contributed by atoms with Crippen molar-refractivity contribution in [3.63, 3.8) is 0 Å². The van der Waals surface area contributed by atoms with Gasteiger partial charge in [-0.15, -0.1) is 0 Å². The van der Waals surface area contributed by atoms with Crippen molar-refractivity contribution in [2.75, 3.05) is 0 Å². The van der Waals surface area contributed by atoms with Crippen molar-refractivity contribution < 1.29 is 14.3 Å². The van der Waals surface area contributed by atoms with Crippen molar-refractivity contribution >= 4 is 23.7 Å². The van der Waals surface area contributed by atoms with Crippen molar-refractivity contribution in [2.45, 2.75) is 6.10 Å². The van der Waals surface area contributed by atoms with Gasteiger partial charge in [0.15, 0.2) is 6.10 Å². The molecule has 1 amide bonds. The van der Waals surface area contributed by atoms with E-state index in [1.165, 1.54) is 6.21 Å². The molecule has 126 valence electrons. The monoisotopic (exact) mass is 354 g/mol. The minimum absolute atomic E-state index is 0.462. The van der Waals surface area contributed by atoms with Crippen LogP contribution in [0.5, 0.6) is 0 Å². The van der Waals surface area contributed by atoms with E-state index in [9.17, 15) is 9.90 Å². The molecule has 2 N–H and O–H groups in total. The lowest BCUT2D eigenvalue weighted by molar-refractivity contribution is -0.129. The smallest absolute Gasteiger partial charge is 0.273 e. The van der Waals surface area contributed by atoms with Gasteiger partial charge < -0.3 is 9.52 Å². The number of hydrogen-bond acceptors (Lipinski definition) is 4. The number of carbonyl (C=O) groups is 1. The molecule has 1 heterocycles. The molecule has 2 aromatic carbocycles. The van der Waals surface area contributed by atoms with E-state index in [4.69, 9.17) is 16.0 Å². The molecule has 1 atom stereocenters. The summed E-state index contributed by atoms with van der Waals surface area (Å²) in [7, 11) is 0. The first kappa shape index (κ1) is 17.0. The van der Waals surface area contributed by atoms with Crippen LogP contribution in [0.15, 0.2) is 76.2 Å². The molecule has 1 aromatic heterocycles. The van der Waals surface area contributed by atoms with Gasteiger partial charge in [-0.2, -0.15) is 5.10 Å². The molecule has 0 unspecified atom stereocenters. The summed E-state index contributed by atoms with van der Waals surface area (Å²) in [5, 5.41) is 14.4. The average molecular weight is 355 g/mol. The largest absolute Gasteiger partial charge is 0.455 e. The van der Waals surface area contributed by atoms with Crippen LogP contribution in [0.25, 0.3) is 11.3 Å². The van der Waals surface area contributed by atoms with E-state index in [2.05, 4.69) is 10.5 Å². The van der Waals surface area contributed by atoms with Gasteiger partial charge >= 0.3 is 0 Å². The minimum Gasteiger partial charge on any atom is -0.455 e. The summed E-state index contributed by atoms with van der Waals surface area (Å²) in [4.78, 5) is 11.9. The zero-order chi connectivity index (χ0) is 17.6. The molecule has 5 nitrogen and oxygen atoms in total. The minimum atomic E-state index is -1.28.